The van der Waals surface area contributed by atoms with E-state index in [1.807, 2.05) is 36.4 Å². The normalized spacial score (nSPS) is 13.1. The summed E-state index contributed by atoms with van der Waals surface area (Å²) in [5.74, 6) is 1.66. The molecule has 7 rings (SSSR count). The van der Waals surface area contributed by atoms with Crippen molar-refractivity contribution in [3.05, 3.63) is 204 Å². The van der Waals surface area contributed by atoms with E-state index >= 15 is 0 Å². The smallest absolute Gasteiger partial charge is 0.212 e. The Kier molecular flexibility index (Phi) is 9.52. The fraction of sp³-hybridized carbons (Fsp3) is 0.0870. The van der Waals surface area contributed by atoms with Gasteiger partial charge in [0.05, 0.1) is 0 Å². The molecule has 4 aromatic carbocycles. The number of hydrogen-bond donors (Lipinski definition) is 0. The van der Waals surface area contributed by atoms with E-state index in [1.54, 1.807) is 0 Å². The lowest BCUT2D eigenvalue weighted by molar-refractivity contribution is -0.669. The molecule has 0 saturated heterocycles. The predicted molar refractivity (Wildman–Crippen MR) is 204 cm³/mol. The minimum Gasteiger partial charge on any atom is -0.456 e. The quantitative estimate of drug-likeness (QED) is 0.114. The van der Waals surface area contributed by atoms with Gasteiger partial charge in [0.1, 0.15) is 24.6 Å². The lowest BCUT2D eigenvalue weighted by Gasteiger charge is -2.19. The summed E-state index contributed by atoms with van der Waals surface area (Å²) in [6, 6.07) is 46.5. The maximum absolute atomic E-state index is 6.45. The van der Waals surface area contributed by atoms with E-state index in [2.05, 4.69) is 169 Å². The van der Waals surface area contributed by atoms with Crippen molar-refractivity contribution in [2.24, 2.45) is 0 Å². The fourth-order valence-corrected chi connectivity index (χ4v) is 6.38. The molecule has 2 aromatic heterocycles. The molecule has 0 bridgehead atoms. The Balaban J connectivity index is 1.33. The highest BCUT2D eigenvalue weighted by Crippen LogP contribution is 2.32. The van der Waals surface area contributed by atoms with Crippen molar-refractivity contribution in [1.29, 1.82) is 0 Å². The number of benzene rings is 4. The van der Waals surface area contributed by atoms with Gasteiger partial charge in [0.15, 0.2) is 0 Å². The van der Waals surface area contributed by atoms with E-state index in [0.717, 1.165) is 58.3 Å². The maximum atomic E-state index is 6.45. The fourth-order valence-electron chi connectivity index (χ4n) is 6.38. The van der Waals surface area contributed by atoms with Crippen LogP contribution >= 0.6 is 0 Å². The van der Waals surface area contributed by atoms with Gasteiger partial charge in [0.25, 0.3) is 0 Å². The van der Waals surface area contributed by atoms with Gasteiger partial charge in [-0.15, -0.1) is 0 Å². The van der Waals surface area contributed by atoms with Gasteiger partial charge in [0.2, 0.25) is 22.4 Å². The molecular formula is C46H40N2O+2. The molecule has 0 aliphatic carbocycles. The van der Waals surface area contributed by atoms with E-state index in [0.29, 0.717) is 0 Å². The van der Waals surface area contributed by atoms with Gasteiger partial charge in [-0.25, -0.2) is 0 Å². The summed E-state index contributed by atoms with van der Waals surface area (Å²) < 4.78 is 11.2. The summed E-state index contributed by atoms with van der Waals surface area (Å²) in [5, 5.41) is 2.48. The molecule has 0 atom stereocenters. The van der Waals surface area contributed by atoms with Crippen LogP contribution in [0.1, 0.15) is 36.4 Å². The SMILES string of the molecule is CC[n+]1c(/C=C/C(=CC=C2C=C(c3ccccc3)OC(c3ccccc3)=C2)/C=C/c2ccc3ccccc3[n+]2CC)ccc2ccccc21. The van der Waals surface area contributed by atoms with Gasteiger partial charge in [-0.1, -0.05) is 97.1 Å². The molecule has 0 amide bonds. The summed E-state index contributed by atoms with van der Waals surface area (Å²) in [7, 11) is 0. The van der Waals surface area contributed by atoms with Crippen LogP contribution in [0, 0.1) is 0 Å². The number of nitrogens with zero attached hydrogens (tertiary/aromatic N) is 2. The number of rotatable bonds is 9. The average Bonchev–Trinajstić information content (AvgIpc) is 3.17. The Bertz CT molecular complexity index is 2150. The number of allylic oxidation sites excluding steroid dienone is 8. The maximum Gasteiger partial charge on any atom is 0.212 e. The molecular weight excluding hydrogens is 597 g/mol. The van der Waals surface area contributed by atoms with Crippen LogP contribution in [-0.2, 0) is 17.8 Å². The second kappa shape index (κ2) is 14.8. The highest BCUT2D eigenvalue weighted by molar-refractivity contribution is 5.79. The van der Waals surface area contributed by atoms with Crippen LogP contribution in [0.3, 0.4) is 0 Å². The van der Waals surface area contributed by atoms with Crippen molar-refractivity contribution < 1.29 is 13.9 Å². The molecule has 238 valence electrons. The molecule has 1 aliphatic heterocycles. The number of aryl methyl sites for hydroxylation is 2. The first-order chi connectivity index (χ1) is 24.2. The van der Waals surface area contributed by atoms with Gasteiger partial charge in [-0.05, 0) is 73.6 Å². The molecule has 0 radical (unpaired) electrons. The zero-order valence-corrected chi connectivity index (χ0v) is 28.0. The Labute approximate surface area is 289 Å². The van der Waals surface area contributed by atoms with Crippen LogP contribution in [0.2, 0.25) is 0 Å². The van der Waals surface area contributed by atoms with E-state index in [-0.39, 0.29) is 0 Å². The third kappa shape index (κ3) is 7.12. The molecule has 3 heteroatoms. The molecule has 0 spiro atoms. The third-order valence-electron chi connectivity index (χ3n) is 8.87. The Morgan fingerprint density at radius 1 is 0.531 bits per heavy atom. The lowest BCUT2D eigenvalue weighted by atomic mass is 10.0. The van der Waals surface area contributed by atoms with Crippen LogP contribution in [-0.4, -0.2) is 0 Å². The molecule has 0 saturated carbocycles. The van der Waals surface area contributed by atoms with Crippen molar-refractivity contribution in [3.8, 4) is 0 Å². The Hall–Kier alpha value is -6.06. The monoisotopic (exact) mass is 636 g/mol. The van der Waals surface area contributed by atoms with Crippen LogP contribution in [0.4, 0.5) is 0 Å². The van der Waals surface area contributed by atoms with Crippen LogP contribution < -0.4 is 9.13 Å². The molecule has 0 fully saturated rings. The van der Waals surface area contributed by atoms with E-state index < -0.39 is 0 Å². The molecule has 49 heavy (non-hydrogen) atoms. The van der Waals surface area contributed by atoms with Gasteiger partial charge in [-0.2, -0.15) is 9.13 Å². The number of fused-ring (bicyclic) bond motifs is 2. The Morgan fingerprint density at radius 3 is 1.45 bits per heavy atom. The first-order valence-electron chi connectivity index (χ1n) is 17.0. The first kappa shape index (κ1) is 31.5. The van der Waals surface area contributed by atoms with Gasteiger partial charge in [0, 0.05) is 58.3 Å². The first-order valence-corrected chi connectivity index (χ1v) is 17.0. The summed E-state index contributed by atoms with van der Waals surface area (Å²) in [6.45, 7) is 6.17. The van der Waals surface area contributed by atoms with Gasteiger partial charge in [-0.3, -0.25) is 0 Å². The zero-order chi connectivity index (χ0) is 33.4. The lowest BCUT2D eigenvalue weighted by Crippen LogP contribution is -2.36. The van der Waals surface area contributed by atoms with Gasteiger partial charge >= 0.3 is 0 Å². The van der Waals surface area contributed by atoms with E-state index in [1.165, 1.54) is 21.8 Å². The topological polar surface area (TPSA) is 17.0 Å². The standard InChI is InChI=1S/C46H40N2O/c1-3-47-41(31-27-37-15-11-13-21-43(37)47)29-25-35(26-30-42-32-28-38-16-12-14-22-44(38)48(42)4-2)23-24-36-33-45(39-17-7-5-8-18-39)49-46(34-36)40-19-9-6-10-20-40/h5-34H,3-4H2,1-2H3/q+2/b29-25+,30-26+. The van der Waals surface area contributed by atoms with Crippen LogP contribution in [0.5, 0.6) is 0 Å². The van der Waals surface area contributed by atoms with Crippen LogP contribution in [0.15, 0.2) is 181 Å². The number of ether oxygens (including phenoxy) is 1. The molecule has 3 nitrogen and oxygen atoms in total. The number of aromatic nitrogens is 2. The van der Waals surface area contributed by atoms with Gasteiger partial charge < -0.3 is 4.74 Å². The van der Waals surface area contributed by atoms with E-state index in [4.69, 9.17) is 4.74 Å². The molecule has 3 heterocycles. The highest BCUT2D eigenvalue weighted by Gasteiger charge is 2.16. The number of para-hydroxylation sites is 2. The summed E-state index contributed by atoms with van der Waals surface area (Å²) in [5.41, 5.74) is 9.00. The zero-order valence-electron chi connectivity index (χ0n) is 28.0. The molecule has 1 aliphatic rings. The largest absolute Gasteiger partial charge is 0.456 e. The summed E-state index contributed by atoms with van der Waals surface area (Å²) in [6.07, 6.45) is 17.5. The Morgan fingerprint density at radius 2 is 0.980 bits per heavy atom. The second-order valence-corrected chi connectivity index (χ2v) is 12.0. The minimum absolute atomic E-state index is 0.828. The second-order valence-electron chi connectivity index (χ2n) is 12.0. The van der Waals surface area contributed by atoms with E-state index in [9.17, 15) is 0 Å². The van der Waals surface area contributed by atoms with Crippen molar-refractivity contribution in [2.45, 2.75) is 26.9 Å². The molecule has 0 unspecified atom stereocenters. The molecule has 0 N–H and O–H groups in total. The molecule has 6 aromatic rings. The number of hydrogen-bond acceptors (Lipinski definition) is 1. The predicted octanol–water partition coefficient (Wildman–Crippen LogP) is 10.3. The summed E-state index contributed by atoms with van der Waals surface area (Å²) in [4.78, 5) is 0. The summed E-state index contributed by atoms with van der Waals surface area (Å²) >= 11 is 0. The average molecular weight is 637 g/mol. The van der Waals surface area contributed by atoms with Crippen molar-refractivity contribution in [1.82, 2.24) is 0 Å². The highest BCUT2D eigenvalue weighted by atomic mass is 16.5. The van der Waals surface area contributed by atoms with Crippen molar-refractivity contribution >= 4 is 45.5 Å². The number of pyridine rings is 2. The van der Waals surface area contributed by atoms with Crippen molar-refractivity contribution in [3.63, 3.8) is 0 Å². The van der Waals surface area contributed by atoms with Crippen LogP contribution in [0.25, 0.3) is 45.5 Å². The van der Waals surface area contributed by atoms with Crippen molar-refractivity contribution in [2.75, 3.05) is 0 Å². The minimum atomic E-state index is 0.828. The third-order valence-corrected chi connectivity index (χ3v) is 8.87.